The number of hydrogen-bond donors (Lipinski definition) is 3. The predicted octanol–water partition coefficient (Wildman–Crippen LogP) is 0.196. The summed E-state index contributed by atoms with van der Waals surface area (Å²) in [7, 11) is 0. The summed E-state index contributed by atoms with van der Waals surface area (Å²) in [6.07, 6.45) is 0. The van der Waals surface area contributed by atoms with Crippen molar-refractivity contribution in [2.75, 3.05) is 11.5 Å². The maximum atomic E-state index is 10.7. The lowest BCUT2D eigenvalue weighted by molar-refractivity contribution is -0.138. The minimum Gasteiger partial charge on any atom is -0.479 e. The number of amides is 1. The fourth-order valence-corrected chi connectivity index (χ4v) is 1.32. The first-order chi connectivity index (χ1) is 5.61. The number of carboxylic acids is 1. The Morgan fingerprint density at radius 1 is 1.67 bits per heavy atom. The van der Waals surface area contributed by atoms with Gasteiger partial charge >= 0.3 is 5.97 Å². The van der Waals surface area contributed by atoms with Gasteiger partial charge in [0.25, 0.3) is 0 Å². The zero-order valence-corrected chi connectivity index (χ0v) is 8.32. The number of hydrogen-bond acceptors (Lipinski definition) is 4. The van der Waals surface area contributed by atoms with Crippen molar-refractivity contribution in [2.24, 2.45) is 0 Å². The molecule has 0 aliphatic rings. The van der Waals surface area contributed by atoms with Crippen LogP contribution in [0.3, 0.4) is 0 Å². The lowest BCUT2D eigenvalue weighted by Gasteiger charge is -2.11. The SMILES string of the molecule is CCSC(NC(=O)CS)C(=O)O. The molecule has 1 unspecified atom stereocenters. The van der Waals surface area contributed by atoms with E-state index in [9.17, 15) is 9.59 Å². The summed E-state index contributed by atoms with van der Waals surface area (Å²) in [6.45, 7) is 1.83. The highest BCUT2D eigenvalue weighted by molar-refractivity contribution is 8.00. The van der Waals surface area contributed by atoms with Gasteiger partial charge in [0.05, 0.1) is 5.75 Å². The molecule has 4 nitrogen and oxygen atoms in total. The summed E-state index contributed by atoms with van der Waals surface area (Å²) in [5.41, 5.74) is 0. The molecule has 0 radical (unpaired) electrons. The molecule has 12 heavy (non-hydrogen) atoms. The lowest BCUT2D eigenvalue weighted by atomic mass is 10.6. The minimum absolute atomic E-state index is 0.00799. The van der Waals surface area contributed by atoms with E-state index in [4.69, 9.17) is 5.11 Å². The molecule has 70 valence electrons. The highest BCUT2D eigenvalue weighted by Crippen LogP contribution is 2.07. The van der Waals surface area contributed by atoms with Gasteiger partial charge in [-0.2, -0.15) is 12.6 Å². The molecule has 0 fully saturated rings. The summed E-state index contributed by atoms with van der Waals surface area (Å²) < 4.78 is 0. The zero-order valence-electron chi connectivity index (χ0n) is 6.61. The Hall–Kier alpha value is -0.360. The van der Waals surface area contributed by atoms with Gasteiger partial charge in [-0.1, -0.05) is 6.92 Å². The second-order valence-corrected chi connectivity index (χ2v) is 3.60. The van der Waals surface area contributed by atoms with E-state index < -0.39 is 11.3 Å². The van der Waals surface area contributed by atoms with E-state index >= 15 is 0 Å². The topological polar surface area (TPSA) is 66.4 Å². The van der Waals surface area contributed by atoms with Gasteiger partial charge in [-0.15, -0.1) is 11.8 Å². The maximum absolute atomic E-state index is 10.7. The highest BCUT2D eigenvalue weighted by atomic mass is 32.2. The maximum Gasteiger partial charge on any atom is 0.336 e. The third kappa shape index (κ3) is 4.50. The predicted molar refractivity (Wildman–Crippen MR) is 51.6 cm³/mol. The van der Waals surface area contributed by atoms with Crippen molar-refractivity contribution >= 4 is 36.3 Å². The smallest absolute Gasteiger partial charge is 0.336 e. The largest absolute Gasteiger partial charge is 0.479 e. The average molecular weight is 209 g/mol. The number of aliphatic carboxylic acids is 1. The molecular formula is C6H11NO3S2. The van der Waals surface area contributed by atoms with Gasteiger partial charge in [0.2, 0.25) is 5.91 Å². The molecule has 0 saturated carbocycles. The van der Waals surface area contributed by atoms with Gasteiger partial charge in [-0.3, -0.25) is 4.79 Å². The van der Waals surface area contributed by atoms with Gasteiger partial charge in [-0.25, -0.2) is 4.79 Å². The molecule has 6 heteroatoms. The average Bonchev–Trinajstić information content (AvgIpc) is 2.03. The summed E-state index contributed by atoms with van der Waals surface area (Å²) in [5, 5.41) is 10.1. The Labute approximate surface area is 80.5 Å². The second kappa shape index (κ2) is 6.19. The van der Waals surface area contributed by atoms with Crippen molar-refractivity contribution < 1.29 is 14.7 Å². The van der Waals surface area contributed by atoms with Crippen LogP contribution in [0, 0.1) is 0 Å². The third-order valence-electron chi connectivity index (χ3n) is 0.993. The van der Waals surface area contributed by atoms with Gasteiger partial charge in [-0.05, 0) is 5.75 Å². The number of carboxylic acid groups (broad SMARTS) is 1. The van der Waals surface area contributed by atoms with Crippen LogP contribution in [-0.2, 0) is 9.59 Å². The van der Waals surface area contributed by atoms with E-state index in [-0.39, 0.29) is 11.7 Å². The molecule has 0 aromatic heterocycles. The van der Waals surface area contributed by atoms with Crippen LogP contribution in [0.1, 0.15) is 6.92 Å². The van der Waals surface area contributed by atoms with Crippen LogP contribution in [0.4, 0.5) is 0 Å². The quantitative estimate of drug-likeness (QED) is 0.447. The number of thioether (sulfide) groups is 1. The zero-order chi connectivity index (χ0) is 9.56. The first-order valence-electron chi connectivity index (χ1n) is 3.36. The summed E-state index contributed by atoms with van der Waals surface area (Å²) in [4.78, 5) is 21.2. The first kappa shape index (κ1) is 11.6. The number of nitrogens with one attached hydrogen (secondary N) is 1. The van der Waals surface area contributed by atoms with Crippen molar-refractivity contribution in [3.63, 3.8) is 0 Å². The van der Waals surface area contributed by atoms with E-state index in [1.54, 1.807) is 0 Å². The molecule has 0 aromatic rings. The van der Waals surface area contributed by atoms with E-state index in [0.717, 1.165) is 11.8 Å². The van der Waals surface area contributed by atoms with Crippen LogP contribution >= 0.6 is 24.4 Å². The van der Waals surface area contributed by atoms with Crippen LogP contribution in [0.25, 0.3) is 0 Å². The Kier molecular flexibility index (Phi) is 6.00. The Balaban J connectivity index is 3.95. The van der Waals surface area contributed by atoms with Crippen molar-refractivity contribution in [2.45, 2.75) is 12.3 Å². The summed E-state index contributed by atoms with van der Waals surface area (Å²) in [6, 6.07) is 0. The minimum atomic E-state index is -1.03. The Morgan fingerprint density at radius 2 is 2.25 bits per heavy atom. The highest BCUT2D eigenvalue weighted by Gasteiger charge is 2.18. The molecule has 2 N–H and O–H groups in total. The Morgan fingerprint density at radius 3 is 2.58 bits per heavy atom. The molecule has 0 aliphatic carbocycles. The molecule has 0 aromatic carbocycles. The van der Waals surface area contributed by atoms with Crippen molar-refractivity contribution in [3.05, 3.63) is 0 Å². The van der Waals surface area contributed by atoms with Crippen LogP contribution in [0.5, 0.6) is 0 Å². The number of thiol groups is 1. The van der Waals surface area contributed by atoms with E-state index in [0.29, 0.717) is 5.75 Å². The third-order valence-corrected chi connectivity index (χ3v) is 2.27. The first-order valence-corrected chi connectivity index (χ1v) is 5.04. The standard InChI is InChI=1S/C6H11NO3S2/c1-2-12-5(6(9)10)7-4(8)3-11/h5,11H,2-3H2,1H3,(H,7,8)(H,9,10). The van der Waals surface area contributed by atoms with Crippen molar-refractivity contribution in [1.82, 2.24) is 5.32 Å². The van der Waals surface area contributed by atoms with Crippen molar-refractivity contribution in [3.8, 4) is 0 Å². The summed E-state index contributed by atoms with van der Waals surface area (Å²) >= 11 is 4.88. The molecule has 0 saturated heterocycles. The normalized spacial score (nSPS) is 12.2. The van der Waals surface area contributed by atoms with Crippen molar-refractivity contribution in [1.29, 1.82) is 0 Å². The number of carbonyl (C=O) groups is 2. The number of rotatable bonds is 5. The molecule has 1 amide bonds. The second-order valence-electron chi connectivity index (χ2n) is 1.90. The monoisotopic (exact) mass is 209 g/mol. The van der Waals surface area contributed by atoms with E-state index in [1.165, 1.54) is 0 Å². The molecule has 0 heterocycles. The summed E-state index contributed by atoms with van der Waals surface area (Å²) in [5.74, 6) is -0.749. The molecule has 0 rings (SSSR count). The lowest BCUT2D eigenvalue weighted by Crippen LogP contribution is -2.39. The molecule has 1 atom stereocenters. The van der Waals surface area contributed by atoms with Crippen LogP contribution < -0.4 is 5.32 Å². The molecule has 0 bridgehead atoms. The fourth-order valence-electron chi connectivity index (χ4n) is 0.533. The molecular weight excluding hydrogens is 198 g/mol. The number of carbonyl (C=O) groups excluding carboxylic acids is 1. The molecule has 0 aliphatic heterocycles. The van der Waals surface area contributed by atoms with E-state index in [1.807, 2.05) is 6.92 Å². The molecule has 0 spiro atoms. The fraction of sp³-hybridized carbons (Fsp3) is 0.667. The van der Waals surface area contributed by atoms with Crippen LogP contribution in [0.2, 0.25) is 0 Å². The van der Waals surface area contributed by atoms with Gasteiger partial charge in [0.15, 0.2) is 5.37 Å². The van der Waals surface area contributed by atoms with Gasteiger partial charge in [0, 0.05) is 0 Å². The Bertz CT molecular complexity index is 172. The van der Waals surface area contributed by atoms with Gasteiger partial charge < -0.3 is 10.4 Å². The van der Waals surface area contributed by atoms with E-state index in [2.05, 4.69) is 17.9 Å². The van der Waals surface area contributed by atoms with Crippen LogP contribution in [-0.4, -0.2) is 33.9 Å². The van der Waals surface area contributed by atoms with Crippen LogP contribution in [0.15, 0.2) is 0 Å². The van der Waals surface area contributed by atoms with Gasteiger partial charge in [0.1, 0.15) is 0 Å².